The van der Waals surface area contributed by atoms with Crippen molar-refractivity contribution in [1.29, 1.82) is 0 Å². The summed E-state index contributed by atoms with van der Waals surface area (Å²) in [5.41, 5.74) is 6.57. The van der Waals surface area contributed by atoms with E-state index in [0.717, 1.165) is 44.1 Å². The van der Waals surface area contributed by atoms with Crippen molar-refractivity contribution in [1.82, 2.24) is 10.1 Å². The molecule has 140 valence electrons. The molecule has 5 nitrogen and oxygen atoms in total. The number of carbonyl (C=O) groups excluding carboxylic acids is 1. The van der Waals surface area contributed by atoms with E-state index < -0.39 is 5.82 Å². The molecule has 2 aliphatic carbocycles. The lowest BCUT2D eigenvalue weighted by Gasteiger charge is -2.29. The molecular weight excluding hydrogens is 357 g/mol. The molecular formula is C19H23ClFN3O2. The number of Topliss-reactive ketones (excluding diaryl/α,β-unsaturated/α-hetero) is 1. The molecule has 0 amide bonds. The predicted molar refractivity (Wildman–Crippen MR) is 97.3 cm³/mol. The average molecular weight is 380 g/mol. The molecule has 2 bridgehead atoms. The normalized spacial score (nSPS) is 25.5. The van der Waals surface area contributed by atoms with Crippen LogP contribution in [0.2, 0.25) is 0 Å². The van der Waals surface area contributed by atoms with Gasteiger partial charge in [0.15, 0.2) is 0 Å². The molecule has 2 N–H and O–H groups in total. The number of hydrogen-bond acceptors (Lipinski definition) is 5. The van der Waals surface area contributed by atoms with Gasteiger partial charge in [-0.05, 0) is 43.4 Å². The average Bonchev–Trinajstić information content (AvgIpc) is 3.07. The van der Waals surface area contributed by atoms with E-state index in [1.165, 1.54) is 6.07 Å². The highest BCUT2D eigenvalue weighted by atomic mass is 35.5. The molecule has 0 spiro atoms. The highest BCUT2D eigenvalue weighted by Crippen LogP contribution is 2.43. The maximum atomic E-state index is 14.2. The highest BCUT2D eigenvalue weighted by molar-refractivity contribution is 5.85. The van der Waals surface area contributed by atoms with Gasteiger partial charge in [0.1, 0.15) is 11.6 Å². The summed E-state index contributed by atoms with van der Waals surface area (Å²) >= 11 is 0. The standard InChI is InChI=1S/C19H22FN3O2.ClH/c20-16-7-11(10-21)5-6-15(16)18-22-19(25-23-18)14-8-12-3-1-2-4-13(9-14)17(12)24;/h5-7,12-14H,1-4,8-10,21H2;1H. The van der Waals surface area contributed by atoms with Gasteiger partial charge in [0.25, 0.3) is 0 Å². The molecule has 0 radical (unpaired) electrons. The van der Waals surface area contributed by atoms with Crippen molar-refractivity contribution in [2.24, 2.45) is 17.6 Å². The van der Waals surface area contributed by atoms with Crippen LogP contribution >= 0.6 is 12.4 Å². The number of rotatable bonds is 3. The van der Waals surface area contributed by atoms with E-state index in [9.17, 15) is 9.18 Å². The summed E-state index contributed by atoms with van der Waals surface area (Å²) in [5.74, 6) is 1.13. The third-order valence-corrected chi connectivity index (χ3v) is 5.60. The number of nitrogens with zero attached hydrogens (tertiary/aromatic N) is 2. The van der Waals surface area contributed by atoms with Gasteiger partial charge >= 0.3 is 0 Å². The molecule has 0 aliphatic heterocycles. The van der Waals surface area contributed by atoms with E-state index in [2.05, 4.69) is 10.1 Å². The van der Waals surface area contributed by atoms with Crippen molar-refractivity contribution in [3.8, 4) is 11.4 Å². The topological polar surface area (TPSA) is 82.0 Å². The second-order valence-electron chi connectivity index (χ2n) is 7.22. The van der Waals surface area contributed by atoms with Gasteiger partial charge in [0.05, 0.1) is 5.56 Å². The minimum Gasteiger partial charge on any atom is -0.339 e. The Kier molecular flexibility index (Phi) is 5.73. The van der Waals surface area contributed by atoms with Crippen LogP contribution in [-0.2, 0) is 11.3 Å². The van der Waals surface area contributed by atoms with E-state index in [1.807, 2.05) is 0 Å². The van der Waals surface area contributed by atoms with Gasteiger partial charge in [-0.3, -0.25) is 4.79 Å². The zero-order chi connectivity index (χ0) is 17.4. The molecule has 2 fully saturated rings. The Morgan fingerprint density at radius 1 is 1.15 bits per heavy atom. The number of halogens is 2. The Hall–Kier alpha value is -1.79. The molecule has 7 heteroatoms. The van der Waals surface area contributed by atoms with E-state index in [4.69, 9.17) is 10.3 Å². The lowest BCUT2D eigenvalue weighted by atomic mass is 9.73. The Balaban J connectivity index is 0.00000196. The van der Waals surface area contributed by atoms with Crippen molar-refractivity contribution >= 4 is 18.2 Å². The lowest BCUT2D eigenvalue weighted by molar-refractivity contribution is -0.129. The van der Waals surface area contributed by atoms with Crippen LogP contribution < -0.4 is 5.73 Å². The largest absolute Gasteiger partial charge is 0.339 e. The number of aromatic nitrogens is 2. The summed E-state index contributed by atoms with van der Waals surface area (Å²) in [6.07, 6.45) is 5.70. The monoisotopic (exact) mass is 379 g/mol. The summed E-state index contributed by atoms with van der Waals surface area (Å²) in [5, 5.41) is 3.97. The third kappa shape index (κ3) is 3.53. The molecule has 1 heterocycles. The van der Waals surface area contributed by atoms with Crippen LogP contribution in [0.3, 0.4) is 0 Å². The van der Waals surface area contributed by atoms with Gasteiger partial charge in [-0.1, -0.05) is 24.1 Å². The van der Waals surface area contributed by atoms with Crippen molar-refractivity contribution in [3.63, 3.8) is 0 Å². The molecule has 2 unspecified atom stereocenters. The smallest absolute Gasteiger partial charge is 0.230 e. The van der Waals surface area contributed by atoms with Crippen LogP contribution in [0, 0.1) is 17.7 Å². The molecule has 2 aromatic rings. The maximum absolute atomic E-state index is 14.2. The van der Waals surface area contributed by atoms with Gasteiger partial charge in [-0.2, -0.15) is 4.98 Å². The minimum absolute atomic E-state index is 0. The number of hydrogen-bond donors (Lipinski definition) is 1. The summed E-state index contributed by atoms with van der Waals surface area (Å²) in [7, 11) is 0. The zero-order valence-electron chi connectivity index (χ0n) is 14.5. The fourth-order valence-electron chi connectivity index (χ4n) is 4.23. The zero-order valence-corrected chi connectivity index (χ0v) is 15.3. The minimum atomic E-state index is -0.400. The summed E-state index contributed by atoms with van der Waals surface area (Å²) in [6, 6.07) is 4.80. The van der Waals surface area contributed by atoms with Gasteiger partial charge in [-0.15, -0.1) is 12.4 Å². The first-order valence-corrected chi connectivity index (χ1v) is 9.02. The van der Waals surface area contributed by atoms with E-state index in [-0.39, 0.29) is 42.5 Å². The van der Waals surface area contributed by atoms with Crippen LogP contribution in [0.5, 0.6) is 0 Å². The first kappa shape index (κ1) is 19.0. The van der Waals surface area contributed by atoms with Gasteiger partial charge in [0, 0.05) is 24.3 Å². The SMILES string of the molecule is Cl.NCc1ccc(-c2noc(C3CC4CCCCC(C3)C4=O)n2)c(F)c1. The maximum Gasteiger partial charge on any atom is 0.230 e. The van der Waals surface area contributed by atoms with E-state index in [1.54, 1.807) is 12.1 Å². The van der Waals surface area contributed by atoms with Crippen molar-refractivity contribution in [2.45, 2.75) is 51.0 Å². The second-order valence-corrected chi connectivity index (χ2v) is 7.22. The Morgan fingerprint density at radius 3 is 2.46 bits per heavy atom. The molecule has 4 rings (SSSR count). The predicted octanol–water partition coefficient (Wildman–Crippen LogP) is 4.01. The van der Waals surface area contributed by atoms with Crippen molar-refractivity contribution in [2.75, 3.05) is 0 Å². The van der Waals surface area contributed by atoms with E-state index in [0.29, 0.717) is 17.2 Å². The fourth-order valence-corrected chi connectivity index (χ4v) is 4.23. The summed E-state index contributed by atoms with van der Waals surface area (Å²) in [4.78, 5) is 16.9. The van der Waals surface area contributed by atoms with E-state index >= 15 is 0 Å². The van der Waals surface area contributed by atoms with Crippen LogP contribution in [0.4, 0.5) is 4.39 Å². The molecule has 2 atom stereocenters. The molecule has 2 saturated carbocycles. The molecule has 2 aliphatic rings. The number of ketones is 1. The number of carbonyl (C=O) groups is 1. The number of nitrogens with two attached hydrogens (primary N) is 1. The highest BCUT2D eigenvalue weighted by Gasteiger charge is 2.40. The number of benzene rings is 1. The van der Waals surface area contributed by atoms with Crippen LogP contribution in [-0.4, -0.2) is 15.9 Å². The lowest BCUT2D eigenvalue weighted by Crippen LogP contribution is -2.30. The molecule has 1 aromatic heterocycles. The quantitative estimate of drug-likeness (QED) is 0.871. The number of fused-ring (bicyclic) bond motifs is 2. The Bertz CT molecular complexity index is 777. The molecule has 0 saturated heterocycles. The Morgan fingerprint density at radius 2 is 1.85 bits per heavy atom. The summed E-state index contributed by atoms with van der Waals surface area (Å²) < 4.78 is 19.7. The van der Waals surface area contributed by atoms with Crippen molar-refractivity contribution < 1.29 is 13.7 Å². The van der Waals surface area contributed by atoms with Crippen LogP contribution in [0.1, 0.15) is 55.9 Å². The first-order chi connectivity index (χ1) is 12.2. The van der Waals surface area contributed by atoms with Gasteiger partial charge < -0.3 is 10.3 Å². The molecule has 1 aromatic carbocycles. The third-order valence-electron chi connectivity index (χ3n) is 5.60. The van der Waals surface area contributed by atoms with Gasteiger partial charge in [-0.25, -0.2) is 4.39 Å². The second kappa shape index (κ2) is 7.84. The van der Waals surface area contributed by atoms with Crippen LogP contribution in [0.15, 0.2) is 22.7 Å². The van der Waals surface area contributed by atoms with Crippen LogP contribution in [0.25, 0.3) is 11.4 Å². The van der Waals surface area contributed by atoms with Crippen molar-refractivity contribution in [3.05, 3.63) is 35.5 Å². The van der Waals surface area contributed by atoms with Gasteiger partial charge in [0.2, 0.25) is 11.7 Å². The fraction of sp³-hybridized carbons (Fsp3) is 0.526. The summed E-state index contributed by atoms with van der Waals surface area (Å²) in [6.45, 7) is 0.285. The first-order valence-electron chi connectivity index (χ1n) is 9.02. The molecule has 26 heavy (non-hydrogen) atoms. The Labute approximate surface area is 157 Å².